The summed E-state index contributed by atoms with van der Waals surface area (Å²) < 4.78 is 13.1. The number of nitrogens with zero attached hydrogens (tertiary/aromatic N) is 2. The Morgan fingerprint density at radius 2 is 1.78 bits per heavy atom. The second kappa shape index (κ2) is 8.90. The zero-order chi connectivity index (χ0) is 23.0. The van der Waals surface area contributed by atoms with Crippen LogP contribution in [0.2, 0.25) is 5.02 Å². The first-order valence-corrected chi connectivity index (χ1v) is 11.0. The molecule has 0 aliphatic carbocycles. The number of benzene rings is 2. The van der Waals surface area contributed by atoms with Crippen LogP contribution in [0.3, 0.4) is 0 Å². The first-order valence-electron chi connectivity index (χ1n) is 10.7. The van der Waals surface area contributed by atoms with E-state index in [1.165, 1.54) is 12.1 Å². The van der Waals surface area contributed by atoms with E-state index < -0.39 is 17.6 Å². The molecule has 2 aromatic carbocycles. The van der Waals surface area contributed by atoms with Crippen LogP contribution in [0.15, 0.2) is 36.4 Å². The molecule has 6 nitrogen and oxygen atoms in total. The van der Waals surface area contributed by atoms with Gasteiger partial charge in [0.2, 0.25) is 5.78 Å². The predicted molar refractivity (Wildman–Crippen MR) is 120 cm³/mol. The van der Waals surface area contributed by atoms with Crippen molar-refractivity contribution in [3.05, 3.63) is 63.9 Å². The van der Waals surface area contributed by atoms with Gasteiger partial charge in [0.15, 0.2) is 0 Å². The van der Waals surface area contributed by atoms with E-state index >= 15 is 0 Å². The summed E-state index contributed by atoms with van der Waals surface area (Å²) in [6.45, 7) is 1.52. The van der Waals surface area contributed by atoms with Gasteiger partial charge in [-0.3, -0.25) is 14.4 Å². The van der Waals surface area contributed by atoms with Gasteiger partial charge in [-0.05, 0) is 60.6 Å². The molecule has 2 amide bonds. The molecule has 0 bridgehead atoms. The molecule has 2 aliphatic heterocycles. The van der Waals surface area contributed by atoms with Crippen molar-refractivity contribution in [2.24, 2.45) is 11.7 Å². The van der Waals surface area contributed by atoms with Crippen molar-refractivity contribution in [1.82, 2.24) is 4.90 Å². The van der Waals surface area contributed by atoms with E-state index in [0.29, 0.717) is 41.7 Å². The van der Waals surface area contributed by atoms with Gasteiger partial charge < -0.3 is 15.5 Å². The maximum atomic E-state index is 13.2. The number of piperidine rings is 1. The summed E-state index contributed by atoms with van der Waals surface area (Å²) in [5.74, 6) is -2.35. The number of fused-ring (bicyclic) bond motifs is 1. The average molecular weight is 458 g/mol. The quantitative estimate of drug-likeness (QED) is 0.699. The molecule has 32 heavy (non-hydrogen) atoms. The number of carbonyl (C=O) groups excluding carboxylic acids is 3. The number of carbonyl (C=O) groups is 3. The number of hydrogen-bond donors (Lipinski definition) is 1. The maximum absolute atomic E-state index is 13.2. The molecule has 8 heteroatoms. The first kappa shape index (κ1) is 22.3. The van der Waals surface area contributed by atoms with Crippen LogP contribution < -0.4 is 10.6 Å². The van der Waals surface area contributed by atoms with Gasteiger partial charge in [0.25, 0.3) is 11.8 Å². The van der Waals surface area contributed by atoms with Crippen molar-refractivity contribution >= 4 is 34.9 Å². The highest BCUT2D eigenvalue weighted by Crippen LogP contribution is 2.40. The van der Waals surface area contributed by atoms with Crippen LogP contribution >= 0.6 is 11.6 Å². The van der Waals surface area contributed by atoms with E-state index in [0.717, 1.165) is 30.5 Å². The third-order valence-electron chi connectivity index (χ3n) is 6.49. The van der Waals surface area contributed by atoms with Gasteiger partial charge in [0.1, 0.15) is 5.82 Å². The fourth-order valence-corrected chi connectivity index (χ4v) is 4.92. The van der Waals surface area contributed by atoms with Gasteiger partial charge in [0, 0.05) is 32.4 Å². The molecule has 2 aromatic rings. The number of hydrogen-bond acceptors (Lipinski definition) is 4. The Labute approximate surface area is 191 Å². The Morgan fingerprint density at radius 1 is 1.12 bits per heavy atom. The Hall–Kier alpha value is -2.93. The van der Waals surface area contributed by atoms with Gasteiger partial charge in [-0.15, -0.1) is 0 Å². The van der Waals surface area contributed by atoms with Crippen LogP contribution in [0.25, 0.3) is 0 Å². The summed E-state index contributed by atoms with van der Waals surface area (Å²) in [6, 6.07) is 9.87. The topological polar surface area (TPSA) is 83.7 Å². The molecule has 2 heterocycles. The van der Waals surface area contributed by atoms with Crippen molar-refractivity contribution in [2.75, 3.05) is 31.6 Å². The number of amides is 2. The maximum Gasteiger partial charge on any atom is 0.285 e. The predicted octanol–water partition coefficient (Wildman–Crippen LogP) is 3.16. The number of nitrogens with two attached hydrogens (primary N) is 1. The lowest BCUT2D eigenvalue weighted by Crippen LogP contribution is -2.39. The Bertz CT molecular complexity index is 1060. The van der Waals surface area contributed by atoms with Gasteiger partial charge in [0.05, 0.1) is 16.5 Å². The van der Waals surface area contributed by atoms with Crippen molar-refractivity contribution < 1.29 is 18.8 Å². The summed E-state index contributed by atoms with van der Waals surface area (Å²) in [5, 5.41) is 0.321. The lowest BCUT2D eigenvalue weighted by Gasteiger charge is -2.32. The molecule has 0 saturated carbocycles. The molecule has 2 aliphatic rings. The van der Waals surface area contributed by atoms with E-state index in [-0.39, 0.29) is 11.7 Å². The van der Waals surface area contributed by atoms with E-state index in [9.17, 15) is 18.8 Å². The number of halogens is 2. The van der Waals surface area contributed by atoms with Crippen LogP contribution in [0.4, 0.5) is 10.1 Å². The summed E-state index contributed by atoms with van der Waals surface area (Å²) in [4.78, 5) is 40.6. The molecule has 0 spiro atoms. The first-order chi connectivity index (χ1) is 15.2. The van der Waals surface area contributed by atoms with Crippen molar-refractivity contribution in [3.8, 4) is 0 Å². The molecule has 2 N–H and O–H groups in total. The van der Waals surface area contributed by atoms with E-state index in [2.05, 4.69) is 0 Å². The largest absolute Gasteiger partial charge is 0.373 e. The third kappa shape index (κ3) is 4.35. The summed E-state index contributed by atoms with van der Waals surface area (Å²) >= 11 is 6.44. The van der Waals surface area contributed by atoms with Crippen molar-refractivity contribution in [3.63, 3.8) is 0 Å². The average Bonchev–Trinajstić information content (AvgIpc) is 3.09. The van der Waals surface area contributed by atoms with Crippen LogP contribution in [-0.4, -0.2) is 49.2 Å². The summed E-state index contributed by atoms with van der Waals surface area (Å²) in [7, 11) is 1.80. The lowest BCUT2D eigenvalue weighted by atomic mass is 9.89. The molecule has 4 rings (SSSR count). The SMILES string of the molecule is CN1CC(C(=O)C(N)=O)c2cc(C(=O)N3CCC(Cc4ccc(F)cc4)CC3)c(Cl)cc21. The van der Waals surface area contributed by atoms with Crippen molar-refractivity contribution in [1.29, 1.82) is 0 Å². The number of likely N-dealkylation sites (tertiary alicyclic amines) is 1. The molecular formula is C24H25ClFN3O3. The van der Waals surface area contributed by atoms with Gasteiger partial charge in [-0.25, -0.2) is 4.39 Å². The second-order valence-corrected chi connectivity index (χ2v) is 9.03. The Balaban J connectivity index is 1.47. The second-order valence-electron chi connectivity index (χ2n) is 8.62. The minimum absolute atomic E-state index is 0.183. The van der Waals surface area contributed by atoms with Gasteiger partial charge in [-0.2, -0.15) is 0 Å². The van der Waals surface area contributed by atoms with Crippen LogP contribution in [0, 0.1) is 11.7 Å². The highest BCUT2D eigenvalue weighted by molar-refractivity contribution is 6.38. The highest BCUT2D eigenvalue weighted by atomic mass is 35.5. The Morgan fingerprint density at radius 3 is 2.41 bits per heavy atom. The minimum atomic E-state index is -0.984. The zero-order valence-electron chi connectivity index (χ0n) is 17.8. The molecule has 1 fully saturated rings. The van der Waals surface area contributed by atoms with Gasteiger partial charge >= 0.3 is 0 Å². The molecule has 1 unspecified atom stereocenters. The number of Topliss-reactive ketones (excluding diaryl/α,β-unsaturated/α-hetero) is 1. The van der Waals surface area contributed by atoms with E-state index in [4.69, 9.17) is 17.3 Å². The number of rotatable bonds is 5. The molecule has 1 atom stereocenters. The summed E-state index contributed by atoms with van der Waals surface area (Å²) in [5.41, 5.74) is 7.97. The van der Waals surface area contributed by atoms with Crippen LogP contribution in [0.5, 0.6) is 0 Å². The van der Waals surface area contributed by atoms with Gasteiger partial charge in [-0.1, -0.05) is 23.7 Å². The number of anilines is 1. The van der Waals surface area contributed by atoms with Crippen LogP contribution in [0.1, 0.15) is 40.2 Å². The standard InChI is InChI=1S/C24H25ClFN3O3/c1-28-13-19(22(30)23(27)31)17-11-18(20(25)12-21(17)28)24(32)29-8-6-15(7-9-29)10-14-2-4-16(26)5-3-14/h2-5,11-12,15,19H,6-10,13H2,1H3,(H2,27,31). The number of ketones is 1. The lowest BCUT2D eigenvalue weighted by molar-refractivity contribution is -0.136. The monoisotopic (exact) mass is 457 g/mol. The number of likely N-dealkylation sites (N-methyl/N-ethyl adjacent to an activating group) is 1. The molecule has 0 aromatic heterocycles. The smallest absolute Gasteiger partial charge is 0.285 e. The van der Waals surface area contributed by atoms with Crippen LogP contribution in [-0.2, 0) is 16.0 Å². The Kier molecular flexibility index (Phi) is 6.20. The minimum Gasteiger partial charge on any atom is -0.373 e. The van der Waals surface area contributed by atoms with Crippen molar-refractivity contribution in [2.45, 2.75) is 25.2 Å². The molecule has 1 saturated heterocycles. The molecular weight excluding hydrogens is 433 g/mol. The zero-order valence-corrected chi connectivity index (χ0v) is 18.6. The fourth-order valence-electron chi connectivity index (χ4n) is 4.68. The molecule has 0 radical (unpaired) electrons. The number of primary amides is 1. The fraction of sp³-hybridized carbons (Fsp3) is 0.375. The summed E-state index contributed by atoms with van der Waals surface area (Å²) in [6.07, 6.45) is 2.54. The normalized spacial score (nSPS) is 18.5. The molecule has 168 valence electrons. The van der Waals surface area contributed by atoms with E-state index in [1.807, 2.05) is 4.90 Å². The highest BCUT2D eigenvalue weighted by Gasteiger charge is 2.36. The van der Waals surface area contributed by atoms with E-state index in [1.54, 1.807) is 36.2 Å². The third-order valence-corrected chi connectivity index (χ3v) is 6.80.